The molecule has 1 aliphatic rings. The van der Waals surface area contributed by atoms with Crippen LogP contribution in [-0.2, 0) is 19.8 Å². The van der Waals surface area contributed by atoms with Crippen molar-refractivity contribution in [3.63, 3.8) is 0 Å². The van der Waals surface area contributed by atoms with Crippen molar-refractivity contribution in [2.75, 3.05) is 11.5 Å². The monoisotopic (exact) mass is 539 g/mol. The van der Waals surface area contributed by atoms with E-state index in [9.17, 15) is 27.1 Å². The second-order valence-electron chi connectivity index (χ2n) is 7.68. The number of anilines is 1. The molecular weight excluding hydrogens is 511 g/mol. The highest BCUT2D eigenvalue weighted by molar-refractivity contribution is 8.24. The molecule has 15 heteroatoms. The number of nitrogens with two attached hydrogens (primary N) is 1. The molecule has 0 saturated heterocycles. The molecule has 0 spiro atoms. The van der Waals surface area contributed by atoms with Gasteiger partial charge in [-0.3, -0.25) is 13.9 Å². The highest BCUT2D eigenvalue weighted by atomic mass is 32.3. The Hall–Kier alpha value is -2.30. The van der Waals surface area contributed by atoms with Gasteiger partial charge >= 0.3 is 6.18 Å². The molecule has 3 aromatic heterocycles. The van der Waals surface area contributed by atoms with Crippen molar-refractivity contribution < 1.29 is 32.3 Å². The van der Waals surface area contributed by atoms with Gasteiger partial charge in [-0.05, 0) is 50.9 Å². The van der Waals surface area contributed by atoms with Gasteiger partial charge in [0.1, 0.15) is 16.9 Å². The number of halogens is 3. The molecule has 196 valence electrons. The molecule has 10 nitrogen and oxygen atoms in total. The molecule has 0 aliphatic heterocycles. The van der Waals surface area contributed by atoms with Gasteiger partial charge < -0.3 is 24.9 Å². The van der Waals surface area contributed by atoms with Gasteiger partial charge in [-0.15, -0.1) is 0 Å². The first kappa shape index (κ1) is 28.9. The number of alkyl halides is 3. The number of aryl methyl sites for hydroxylation is 1. The van der Waals surface area contributed by atoms with Crippen molar-refractivity contribution in [3.05, 3.63) is 34.4 Å². The van der Waals surface area contributed by atoms with Crippen molar-refractivity contribution in [2.24, 2.45) is 7.05 Å². The lowest BCUT2D eigenvalue weighted by atomic mass is 10.3. The Balaban J connectivity index is 0.000000640. The summed E-state index contributed by atoms with van der Waals surface area (Å²) in [7, 11) is -1.81. The molecule has 0 unspecified atom stereocenters. The minimum Gasteiger partial charge on any atom is -0.412 e. The molecule has 7 N–H and O–H groups in total. The fourth-order valence-corrected chi connectivity index (χ4v) is 4.72. The van der Waals surface area contributed by atoms with E-state index in [2.05, 4.69) is 9.97 Å². The standard InChI is InChI=1S/C17H20F3N5O3S.C3H6OS.H2O/c1-4-25-12(17(18,19)20)7-10-14(16(25)26)24(3)15(23-10)13-11(29(27,28)5-2)6-9(21)8-22-13;4-5-3-1-2-3;/h6-8,27-28H,4-5,21H2,1-3H3;3-4H,1-2H2;1H2. The quantitative estimate of drug-likeness (QED) is 0.351. The van der Waals surface area contributed by atoms with Crippen LogP contribution < -0.4 is 11.3 Å². The molecule has 0 bridgehead atoms. The second-order valence-corrected chi connectivity index (χ2v) is 10.9. The fourth-order valence-electron chi connectivity index (χ4n) is 3.28. The van der Waals surface area contributed by atoms with Crippen molar-refractivity contribution in [2.45, 2.75) is 49.6 Å². The average molecular weight is 540 g/mol. The summed E-state index contributed by atoms with van der Waals surface area (Å²) in [5.41, 5.74) is 3.78. The van der Waals surface area contributed by atoms with Crippen LogP contribution in [0, 0.1) is 0 Å². The van der Waals surface area contributed by atoms with Gasteiger partial charge in [0.15, 0.2) is 5.82 Å². The van der Waals surface area contributed by atoms with Gasteiger partial charge in [-0.2, -0.15) is 23.8 Å². The lowest BCUT2D eigenvalue weighted by Gasteiger charge is -2.32. The number of rotatable bonds is 5. The third-order valence-electron chi connectivity index (χ3n) is 5.25. The van der Waals surface area contributed by atoms with E-state index in [0.717, 1.165) is 18.1 Å². The van der Waals surface area contributed by atoms with Crippen LogP contribution in [0.3, 0.4) is 0 Å². The summed E-state index contributed by atoms with van der Waals surface area (Å²) in [6.07, 6.45) is -1.01. The molecule has 1 aliphatic carbocycles. The number of nitrogens with zero attached hydrogens (tertiary/aromatic N) is 4. The zero-order valence-corrected chi connectivity index (χ0v) is 20.8. The number of aromatic nitrogens is 4. The van der Waals surface area contributed by atoms with Crippen molar-refractivity contribution in [3.8, 4) is 11.5 Å². The third-order valence-corrected chi connectivity index (χ3v) is 7.84. The van der Waals surface area contributed by atoms with Gasteiger partial charge in [0.25, 0.3) is 5.56 Å². The van der Waals surface area contributed by atoms with E-state index >= 15 is 0 Å². The molecule has 0 amide bonds. The van der Waals surface area contributed by atoms with Gasteiger partial charge in [0, 0.05) is 24.6 Å². The van der Waals surface area contributed by atoms with Crippen molar-refractivity contribution in [1.82, 2.24) is 19.1 Å². The molecule has 35 heavy (non-hydrogen) atoms. The van der Waals surface area contributed by atoms with Crippen LogP contribution in [0.5, 0.6) is 0 Å². The summed E-state index contributed by atoms with van der Waals surface area (Å²) >= 11 is 0.991. The Kier molecular flexibility index (Phi) is 8.89. The molecule has 0 aromatic carbocycles. The van der Waals surface area contributed by atoms with Gasteiger partial charge in [0.2, 0.25) is 0 Å². The maximum atomic E-state index is 13.4. The number of hydrogen-bond donors (Lipinski definition) is 4. The smallest absolute Gasteiger partial charge is 0.412 e. The van der Waals surface area contributed by atoms with Crippen LogP contribution in [0.15, 0.2) is 28.0 Å². The lowest BCUT2D eigenvalue weighted by Crippen LogP contribution is -2.28. The summed E-state index contributed by atoms with van der Waals surface area (Å²) in [6, 6.07) is 2.14. The van der Waals surface area contributed by atoms with Crippen molar-refractivity contribution >= 4 is 39.4 Å². The molecule has 4 rings (SSSR count). The minimum atomic E-state index is -4.73. The Bertz CT molecular complexity index is 1260. The van der Waals surface area contributed by atoms with E-state index in [1.165, 1.54) is 43.6 Å². The van der Waals surface area contributed by atoms with E-state index in [1.54, 1.807) is 6.92 Å². The molecule has 1 fully saturated rings. The summed E-state index contributed by atoms with van der Waals surface area (Å²) in [6.45, 7) is 2.83. The predicted molar refractivity (Wildman–Crippen MR) is 132 cm³/mol. The maximum absolute atomic E-state index is 13.4. The van der Waals surface area contributed by atoms with Crippen LogP contribution in [0.25, 0.3) is 22.6 Å². The summed E-state index contributed by atoms with van der Waals surface area (Å²) in [5, 5.41) is 0.606. The van der Waals surface area contributed by atoms with E-state index in [-0.39, 0.29) is 50.9 Å². The number of fused-ring (bicyclic) bond motifs is 1. The average Bonchev–Trinajstić information content (AvgIpc) is 3.56. The molecule has 3 aromatic rings. The number of imidazole rings is 1. The Morgan fingerprint density at radius 2 is 1.89 bits per heavy atom. The third kappa shape index (κ3) is 5.92. The van der Waals surface area contributed by atoms with Gasteiger partial charge in [0.05, 0.1) is 22.3 Å². The van der Waals surface area contributed by atoms with E-state index in [0.29, 0.717) is 9.82 Å². The highest BCUT2D eigenvalue weighted by Gasteiger charge is 2.36. The zero-order valence-electron chi connectivity index (χ0n) is 19.2. The molecular formula is C20H28F3N5O5S2. The molecule has 0 atom stereocenters. The molecule has 1 saturated carbocycles. The number of pyridine rings is 2. The summed E-state index contributed by atoms with van der Waals surface area (Å²) < 4.78 is 71.1. The molecule has 0 radical (unpaired) electrons. The summed E-state index contributed by atoms with van der Waals surface area (Å²) in [5.74, 6) is 0.0122. The first-order chi connectivity index (χ1) is 15.8. The Labute approximate surface area is 204 Å². The Morgan fingerprint density at radius 1 is 1.26 bits per heavy atom. The topological polar surface area (TPSA) is 171 Å². The Morgan fingerprint density at radius 3 is 2.34 bits per heavy atom. The summed E-state index contributed by atoms with van der Waals surface area (Å²) in [4.78, 5) is 21.1. The largest absolute Gasteiger partial charge is 0.431 e. The first-order valence-electron chi connectivity index (χ1n) is 10.3. The lowest BCUT2D eigenvalue weighted by molar-refractivity contribution is -0.144. The number of nitrogen functional groups attached to an aromatic ring is 1. The predicted octanol–water partition coefficient (Wildman–Crippen LogP) is 4.08. The normalized spacial score (nSPS) is 14.3. The van der Waals surface area contributed by atoms with Crippen LogP contribution in [0.4, 0.5) is 18.9 Å². The highest BCUT2D eigenvalue weighted by Crippen LogP contribution is 2.51. The van der Waals surface area contributed by atoms with E-state index < -0.39 is 28.0 Å². The first-order valence-corrected chi connectivity index (χ1v) is 12.9. The van der Waals surface area contributed by atoms with Gasteiger partial charge in [-0.1, -0.05) is 0 Å². The second kappa shape index (κ2) is 10.8. The zero-order chi connectivity index (χ0) is 25.4. The van der Waals surface area contributed by atoms with Gasteiger partial charge in [-0.25, -0.2) is 9.97 Å². The van der Waals surface area contributed by atoms with Crippen LogP contribution in [0.1, 0.15) is 32.4 Å². The van der Waals surface area contributed by atoms with E-state index in [4.69, 9.17) is 10.3 Å². The molecule has 3 heterocycles. The maximum Gasteiger partial charge on any atom is 0.431 e. The SMILES string of the molecule is CCn1c(C(F)(F)F)cc2nc(-c3ncc(N)cc3S(O)(O)CC)n(C)c2c1=O.O.OSC1CC1. The minimum absolute atomic E-state index is 0. The number of hydrogen-bond acceptors (Lipinski definition) is 8. The fraction of sp³-hybridized carbons (Fsp3) is 0.450. The van der Waals surface area contributed by atoms with Crippen LogP contribution in [0.2, 0.25) is 0 Å². The van der Waals surface area contributed by atoms with E-state index in [1.807, 2.05) is 0 Å². The van der Waals surface area contributed by atoms with Crippen molar-refractivity contribution in [1.29, 1.82) is 0 Å². The van der Waals surface area contributed by atoms with Crippen LogP contribution in [-0.4, -0.2) is 49.2 Å². The van der Waals surface area contributed by atoms with Crippen LogP contribution >= 0.6 is 22.6 Å².